The van der Waals surface area contributed by atoms with E-state index < -0.39 is 5.54 Å². The molecule has 0 aromatic heterocycles. The topological polar surface area (TPSA) is 67.9 Å². The van der Waals surface area contributed by atoms with Gasteiger partial charge in [0.25, 0.3) is 5.91 Å². The number of fused-ring (bicyclic) bond motifs is 1. The molecule has 1 aliphatic rings. The van der Waals surface area contributed by atoms with E-state index >= 15 is 0 Å². The molecular weight excluding hydrogens is 320 g/mol. The lowest BCUT2D eigenvalue weighted by Gasteiger charge is -2.22. The van der Waals surface area contributed by atoms with Gasteiger partial charge in [0.1, 0.15) is 11.3 Å². The maximum atomic E-state index is 12.8. The largest absolute Gasteiger partial charge is 0.497 e. The normalized spacial score (nSPS) is 20.2. The number of nitrogens with zero attached hydrogens (tertiary/aromatic N) is 1. The molecule has 1 aliphatic heterocycles. The number of hydrogen-bond donors (Lipinski definition) is 1. The molecule has 2 aromatic rings. The first-order chi connectivity index (χ1) is 12.0. The molecule has 132 valence electrons. The summed E-state index contributed by atoms with van der Waals surface area (Å²) in [5.41, 5.74) is -0.320. The Bertz CT molecular complexity index is 820. The molecule has 0 spiro atoms. The fourth-order valence-electron chi connectivity index (χ4n) is 3.06. The fraction of sp³-hybridized carbons (Fsp3) is 0.368. The minimum atomic E-state index is -1.07. The lowest BCUT2D eigenvalue weighted by Crippen LogP contribution is -2.41. The smallest absolute Gasteiger partial charge is 0.325 e. The third-order valence-electron chi connectivity index (χ3n) is 4.56. The molecule has 2 aromatic carbocycles. The van der Waals surface area contributed by atoms with Gasteiger partial charge in [0.15, 0.2) is 0 Å². The van der Waals surface area contributed by atoms with Crippen LogP contribution in [0.15, 0.2) is 36.4 Å². The number of rotatable bonds is 6. The zero-order chi connectivity index (χ0) is 18.0. The molecule has 1 N–H and O–H groups in total. The van der Waals surface area contributed by atoms with E-state index in [9.17, 15) is 9.59 Å². The Hall–Kier alpha value is -2.60. The first kappa shape index (κ1) is 17.2. The van der Waals surface area contributed by atoms with Crippen molar-refractivity contribution in [1.29, 1.82) is 0 Å². The number of benzene rings is 2. The van der Waals surface area contributed by atoms with E-state index in [1.54, 1.807) is 14.0 Å². The Labute approximate surface area is 146 Å². The van der Waals surface area contributed by atoms with E-state index in [2.05, 4.69) is 5.32 Å². The number of amides is 3. The molecule has 0 radical (unpaired) electrons. The maximum absolute atomic E-state index is 12.8. The van der Waals surface area contributed by atoms with Crippen molar-refractivity contribution in [1.82, 2.24) is 10.2 Å². The van der Waals surface area contributed by atoms with Gasteiger partial charge in [-0.25, -0.2) is 4.79 Å². The molecule has 6 heteroatoms. The summed E-state index contributed by atoms with van der Waals surface area (Å²) in [6.45, 7) is 4.75. The summed E-state index contributed by atoms with van der Waals surface area (Å²) in [5.74, 6) is 0.517. The van der Waals surface area contributed by atoms with Crippen LogP contribution >= 0.6 is 0 Å². The van der Waals surface area contributed by atoms with Crippen molar-refractivity contribution in [3.8, 4) is 5.75 Å². The van der Waals surface area contributed by atoms with Crippen LogP contribution in [-0.4, -0.2) is 43.7 Å². The van der Waals surface area contributed by atoms with Gasteiger partial charge in [-0.05, 0) is 48.4 Å². The number of methoxy groups -OCH3 is 1. The summed E-state index contributed by atoms with van der Waals surface area (Å²) in [6.07, 6.45) is 0. The van der Waals surface area contributed by atoms with Crippen molar-refractivity contribution in [3.63, 3.8) is 0 Å². The summed E-state index contributed by atoms with van der Waals surface area (Å²) < 4.78 is 10.5. The van der Waals surface area contributed by atoms with Gasteiger partial charge in [0.05, 0.1) is 20.3 Å². The number of hydrogen-bond acceptors (Lipinski definition) is 4. The highest BCUT2D eigenvalue weighted by atomic mass is 16.5. The molecule has 0 saturated carbocycles. The van der Waals surface area contributed by atoms with Gasteiger partial charge in [-0.2, -0.15) is 0 Å². The fourth-order valence-corrected chi connectivity index (χ4v) is 3.06. The number of imide groups is 1. The van der Waals surface area contributed by atoms with Gasteiger partial charge in [-0.15, -0.1) is 0 Å². The molecule has 1 heterocycles. The Morgan fingerprint density at radius 3 is 2.56 bits per heavy atom. The van der Waals surface area contributed by atoms with Crippen LogP contribution in [0, 0.1) is 0 Å². The number of nitrogens with one attached hydrogen (secondary N) is 1. The third kappa shape index (κ3) is 3.05. The maximum Gasteiger partial charge on any atom is 0.325 e. The predicted octanol–water partition coefficient (Wildman–Crippen LogP) is 2.65. The lowest BCUT2D eigenvalue weighted by atomic mass is 9.90. The van der Waals surface area contributed by atoms with E-state index in [1.165, 1.54) is 4.90 Å². The van der Waals surface area contributed by atoms with E-state index in [0.717, 1.165) is 22.1 Å². The van der Waals surface area contributed by atoms with Crippen molar-refractivity contribution < 1.29 is 19.1 Å². The van der Waals surface area contributed by atoms with Crippen molar-refractivity contribution in [2.24, 2.45) is 0 Å². The molecule has 0 unspecified atom stereocenters. The average Bonchev–Trinajstić information content (AvgIpc) is 2.85. The van der Waals surface area contributed by atoms with Crippen molar-refractivity contribution >= 4 is 22.7 Å². The van der Waals surface area contributed by atoms with Crippen LogP contribution in [0.3, 0.4) is 0 Å². The van der Waals surface area contributed by atoms with E-state index in [4.69, 9.17) is 9.47 Å². The van der Waals surface area contributed by atoms with Crippen molar-refractivity contribution in [3.05, 3.63) is 42.0 Å². The predicted molar refractivity (Wildman–Crippen MR) is 94.6 cm³/mol. The van der Waals surface area contributed by atoms with Crippen LogP contribution in [-0.2, 0) is 15.1 Å². The Morgan fingerprint density at radius 1 is 1.12 bits per heavy atom. The minimum Gasteiger partial charge on any atom is -0.497 e. The average molecular weight is 342 g/mol. The van der Waals surface area contributed by atoms with Gasteiger partial charge in [0.2, 0.25) is 0 Å². The number of carbonyl (C=O) groups is 2. The number of carbonyl (C=O) groups excluding carboxylic acids is 2. The zero-order valence-electron chi connectivity index (χ0n) is 14.7. The quantitative estimate of drug-likeness (QED) is 0.647. The molecule has 3 rings (SSSR count). The van der Waals surface area contributed by atoms with Gasteiger partial charge in [-0.1, -0.05) is 18.2 Å². The molecule has 1 saturated heterocycles. The van der Waals surface area contributed by atoms with Gasteiger partial charge < -0.3 is 14.8 Å². The third-order valence-corrected chi connectivity index (χ3v) is 4.56. The van der Waals surface area contributed by atoms with Crippen LogP contribution in [0.25, 0.3) is 10.8 Å². The molecule has 0 aliphatic carbocycles. The summed E-state index contributed by atoms with van der Waals surface area (Å²) >= 11 is 0. The first-order valence-corrected chi connectivity index (χ1v) is 8.29. The molecule has 25 heavy (non-hydrogen) atoms. The van der Waals surface area contributed by atoms with Crippen LogP contribution in [0.4, 0.5) is 4.79 Å². The summed E-state index contributed by atoms with van der Waals surface area (Å²) in [4.78, 5) is 26.3. The van der Waals surface area contributed by atoms with Gasteiger partial charge in [-0.3, -0.25) is 9.69 Å². The molecule has 6 nitrogen and oxygen atoms in total. The number of urea groups is 1. The molecule has 1 fully saturated rings. The second-order valence-electron chi connectivity index (χ2n) is 6.14. The second kappa shape index (κ2) is 6.72. The Balaban J connectivity index is 1.90. The summed E-state index contributed by atoms with van der Waals surface area (Å²) in [6, 6.07) is 11.1. The van der Waals surface area contributed by atoms with E-state index in [1.807, 2.05) is 43.3 Å². The van der Waals surface area contributed by atoms with Gasteiger partial charge >= 0.3 is 6.03 Å². The summed E-state index contributed by atoms with van der Waals surface area (Å²) in [5, 5.41) is 4.81. The SMILES string of the molecule is CCOCCN1C(=O)N[C@](C)(c2ccc3cc(OC)ccc3c2)C1=O. The number of ether oxygens (including phenoxy) is 2. The second-order valence-corrected chi connectivity index (χ2v) is 6.14. The zero-order valence-corrected chi connectivity index (χ0v) is 14.7. The van der Waals surface area contributed by atoms with Crippen LogP contribution in [0.1, 0.15) is 19.4 Å². The Kier molecular flexibility index (Phi) is 4.63. The van der Waals surface area contributed by atoms with E-state index in [-0.39, 0.29) is 18.5 Å². The standard InChI is InChI=1S/C19H22N2O4/c1-4-25-10-9-21-17(22)19(2,20-18(21)23)15-7-5-14-12-16(24-3)8-6-13(14)11-15/h5-8,11-12H,4,9-10H2,1-3H3,(H,20,23)/t19-/m1/s1. The molecule has 3 amide bonds. The highest BCUT2D eigenvalue weighted by molar-refractivity contribution is 6.07. The van der Waals surface area contributed by atoms with Crippen LogP contribution in [0.5, 0.6) is 5.75 Å². The van der Waals surface area contributed by atoms with Crippen LogP contribution in [0.2, 0.25) is 0 Å². The first-order valence-electron chi connectivity index (χ1n) is 8.29. The molecule has 0 bridgehead atoms. The van der Waals surface area contributed by atoms with Crippen molar-refractivity contribution in [2.75, 3.05) is 26.9 Å². The summed E-state index contributed by atoms with van der Waals surface area (Å²) in [7, 11) is 1.63. The highest BCUT2D eigenvalue weighted by Gasteiger charge is 2.48. The highest BCUT2D eigenvalue weighted by Crippen LogP contribution is 2.31. The minimum absolute atomic E-state index is 0.249. The molecular formula is C19H22N2O4. The van der Waals surface area contributed by atoms with Crippen molar-refractivity contribution in [2.45, 2.75) is 19.4 Å². The molecule has 1 atom stereocenters. The Morgan fingerprint density at radius 2 is 1.84 bits per heavy atom. The van der Waals surface area contributed by atoms with Crippen LogP contribution < -0.4 is 10.1 Å². The van der Waals surface area contributed by atoms with E-state index in [0.29, 0.717) is 13.2 Å². The lowest BCUT2D eigenvalue weighted by molar-refractivity contribution is -0.131. The monoisotopic (exact) mass is 342 g/mol. The van der Waals surface area contributed by atoms with Gasteiger partial charge in [0, 0.05) is 6.61 Å².